The van der Waals surface area contributed by atoms with Crippen molar-refractivity contribution in [1.82, 2.24) is 20.4 Å². The van der Waals surface area contributed by atoms with Crippen LogP contribution in [-0.4, -0.2) is 46.5 Å². The molecule has 1 fully saturated rings. The minimum atomic E-state index is -0.486. The van der Waals surface area contributed by atoms with Gasteiger partial charge in [0.05, 0.1) is 11.9 Å². The summed E-state index contributed by atoms with van der Waals surface area (Å²) in [4.78, 5) is 23.1. The van der Waals surface area contributed by atoms with Gasteiger partial charge in [-0.25, -0.2) is 4.79 Å². The fraction of sp³-hybridized carbons (Fsp3) is 0.688. The summed E-state index contributed by atoms with van der Waals surface area (Å²) < 4.78 is 6.87. The third-order valence-corrected chi connectivity index (χ3v) is 3.74. The monoisotopic (exact) mass is 337 g/mol. The Morgan fingerprint density at radius 3 is 2.71 bits per heavy atom. The Labute approximate surface area is 142 Å². The maximum atomic E-state index is 11.8. The van der Waals surface area contributed by atoms with E-state index >= 15 is 0 Å². The van der Waals surface area contributed by atoms with Gasteiger partial charge in [-0.1, -0.05) is 0 Å². The average Bonchev–Trinajstić information content (AvgIpc) is 3.07. The van der Waals surface area contributed by atoms with Gasteiger partial charge >= 0.3 is 6.09 Å². The van der Waals surface area contributed by atoms with Crippen LogP contribution in [0.5, 0.6) is 0 Å². The number of nitrogens with zero attached hydrogens (tertiary/aromatic N) is 2. The molecule has 134 valence electrons. The Bertz CT molecular complexity index is 579. The van der Waals surface area contributed by atoms with Crippen LogP contribution >= 0.6 is 0 Å². The van der Waals surface area contributed by atoms with E-state index in [1.165, 1.54) is 0 Å². The first-order valence-corrected chi connectivity index (χ1v) is 8.24. The summed E-state index contributed by atoms with van der Waals surface area (Å²) in [6, 6.07) is 0.376. The number of hydrogen-bond donors (Lipinski definition) is 3. The standard InChI is InChI=1S/C16H27N5O3/c1-16(2,3)24-15(23)20-12-6-5-11(7-12)19-13-8-18-21(9-13)10-14(22)17-4/h8-9,11-12,19H,5-7,10H2,1-4H3,(H,17,22)(H,20,23). The number of likely N-dealkylation sites (N-methyl/N-ethyl adjacent to an activating group) is 1. The van der Waals surface area contributed by atoms with Crippen LogP contribution in [0.1, 0.15) is 40.0 Å². The topological polar surface area (TPSA) is 97.3 Å². The third kappa shape index (κ3) is 5.75. The van der Waals surface area contributed by atoms with Crippen molar-refractivity contribution < 1.29 is 14.3 Å². The summed E-state index contributed by atoms with van der Waals surface area (Å²) in [6.45, 7) is 5.75. The highest BCUT2D eigenvalue weighted by atomic mass is 16.6. The second-order valence-corrected chi connectivity index (χ2v) is 7.10. The van der Waals surface area contributed by atoms with E-state index in [0.717, 1.165) is 24.9 Å². The van der Waals surface area contributed by atoms with Gasteiger partial charge in [0, 0.05) is 25.3 Å². The average molecular weight is 337 g/mol. The van der Waals surface area contributed by atoms with Crippen LogP contribution in [0.25, 0.3) is 0 Å². The summed E-state index contributed by atoms with van der Waals surface area (Å²) in [5.74, 6) is -0.0906. The fourth-order valence-corrected chi connectivity index (χ4v) is 2.70. The van der Waals surface area contributed by atoms with Crippen molar-refractivity contribution in [2.75, 3.05) is 12.4 Å². The Kier molecular flexibility index (Phi) is 5.69. The number of carbonyl (C=O) groups is 2. The van der Waals surface area contributed by atoms with Gasteiger partial charge in [0.15, 0.2) is 0 Å². The summed E-state index contributed by atoms with van der Waals surface area (Å²) in [6.07, 6.45) is 5.85. The first-order valence-electron chi connectivity index (χ1n) is 8.24. The quantitative estimate of drug-likeness (QED) is 0.756. The lowest BCUT2D eigenvalue weighted by atomic mass is 10.2. The number of hydrogen-bond acceptors (Lipinski definition) is 5. The van der Waals surface area contributed by atoms with Crippen LogP contribution in [0.3, 0.4) is 0 Å². The number of alkyl carbamates (subject to hydrolysis) is 1. The molecule has 1 heterocycles. The van der Waals surface area contributed by atoms with Crippen molar-refractivity contribution in [2.45, 2.75) is 64.3 Å². The van der Waals surface area contributed by atoms with Crippen molar-refractivity contribution in [3.05, 3.63) is 12.4 Å². The molecule has 2 unspecified atom stereocenters. The number of carbonyl (C=O) groups excluding carboxylic acids is 2. The van der Waals surface area contributed by atoms with E-state index in [9.17, 15) is 9.59 Å². The summed E-state index contributed by atoms with van der Waals surface area (Å²) in [7, 11) is 1.60. The Morgan fingerprint density at radius 1 is 1.33 bits per heavy atom. The summed E-state index contributed by atoms with van der Waals surface area (Å²) in [5, 5.41) is 13.0. The van der Waals surface area contributed by atoms with Crippen molar-refractivity contribution >= 4 is 17.7 Å². The van der Waals surface area contributed by atoms with E-state index in [0.29, 0.717) is 0 Å². The van der Waals surface area contributed by atoms with E-state index in [4.69, 9.17) is 4.74 Å². The van der Waals surface area contributed by atoms with E-state index in [1.54, 1.807) is 17.9 Å². The van der Waals surface area contributed by atoms with Gasteiger partial charge < -0.3 is 20.7 Å². The Hall–Kier alpha value is -2.25. The van der Waals surface area contributed by atoms with Gasteiger partial charge in [-0.15, -0.1) is 0 Å². The Morgan fingerprint density at radius 2 is 2.04 bits per heavy atom. The zero-order valence-electron chi connectivity index (χ0n) is 14.8. The molecule has 24 heavy (non-hydrogen) atoms. The number of nitrogens with one attached hydrogen (secondary N) is 3. The number of rotatable bonds is 5. The SMILES string of the molecule is CNC(=O)Cn1cc(NC2CCC(NC(=O)OC(C)(C)C)C2)cn1. The molecule has 1 aromatic rings. The first kappa shape index (κ1) is 18.1. The lowest BCUT2D eigenvalue weighted by molar-refractivity contribution is -0.121. The van der Waals surface area contributed by atoms with Crippen molar-refractivity contribution in [3.63, 3.8) is 0 Å². The van der Waals surface area contributed by atoms with E-state index in [-0.39, 0.29) is 30.6 Å². The predicted molar refractivity (Wildman–Crippen MR) is 90.7 cm³/mol. The zero-order valence-corrected chi connectivity index (χ0v) is 14.8. The molecule has 1 aliphatic carbocycles. The third-order valence-electron chi connectivity index (χ3n) is 3.74. The van der Waals surface area contributed by atoms with Crippen molar-refractivity contribution in [3.8, 4) is 0 Å². The van der Waals surface area contributed by atoms with Crippen LogP contribution < -0.4 is 16.0 Å². The van der Waals surface area contributed by atoms with Crippen LogP contribution in [0.15, 0.2) is 12.4 Å². The smallest absolute Gasteiger partial charge is 0.407 e. The molecule has 2 atom stereocenters. The van der Waals surface area contributed by atoms with Gasteiger partial charge in [0.25, 0.3) is 0 Å². The van der Waals surface area contributed by atoms with Gasteiger partial charge in [-0.05, 0) is 40.0 Å². The van der Waals surface area contributed by atoms with Crippen LogP contribution in [-0.2, 0) is 16.1 Å². The van der Waals surface area contributed by atoms with Crippen LogP contribution in [0, 0.1) is 0 Å². The zero-order chi connectivity index (χ0) is 17.7. The molecule has 8 heteroatoms. The van der Waals surface area contributed by atoms with Gasteiger partial charge in [-0.2, -0.15) is 5.10 Å². The van der Waals surface area contributed by atoms with E-state index < -0.39 is 5.60 Å². The lowest BCUT2D eigenvalue weighted by Gasteiger charge is -2.21. The van der Waals surface area contributed by atoms with E-state index in [1.807, 2.05) is 27.0 Å². The molecule has 2 rings (SSSR count). The molecular weight excluding hydrogens is 310 g/mol. The summed E-state index contributed by atoms with van der Waals surface area (Å²) in [5.41, 5.74) is 0.390. The molecule has 0 spiro atoms. The molecule has 8 nitrogen and oxygen atoms in total. The van der Waals surface area contributed by atoms with Gasteiger partial charge in [0.2, 0.25) is 5.91 Å². The highest BCUT2D eigenvalue weighted by Gasteiger charge is 2.27. The molecule has 1 aromatic heterocycles. The van der Waals surface area contributed by atoms with Crippen LogP contribution in [0.2, 0.25) is 0 Å². The summed E-state index contributed by atoms with van der Waals surface area (Å²) >= 11 is 0. The highest BCUT2D eigenvalue weighted by Crippen LogP contribution is 2.23. The molecule has 0 aliphatic heterocycles. The molecular formula is C16H27N5O3. The second kappa shape index (κ2) is 7.55. The van der Waals surface area contributed by atoms with E-state index in [2.05, 4.69) is 21.0 Å². The normalized spacial score (nSPS) is 20.5. The Balaban J connectivity index is 1.77. The minimum Gasteiger partial charge on any atom is -0.444 e. The fourth-order valence-electron chi connectivity index (χ4n) is 2.70. The number of aromatic nitrogens is 2. The molecule has 0 bridgehead atoms. The molecule has 1 aliphatic rings. The van der Waals surface area contributed by atoms with Crippen molar-refractivity contribution in [1.29, 1.82) is 0 Å². The lowest BCUT2D eigenvalue weighted by Crippen LogP contribution is -2.38. The van der Waals surface area contributed by atoms with Gasteiger partial charge in [-0.3, -0.25) is 9.48 Å². The molecule has 1 saturated carbocycles. The molecule has 0 aromatic carbocycles. The molecule has 3 N–H and O–H groups in total. The van der Waals surface area contributed by atoms with Crippen molar-refractivity contribution in [2.24, 2.45) is 0 Å². The number of anilines is 1. The maximum absolute atomic E-state index is 11.8. The highest BCUT2D eigenvalue weighted by molar-refractivity contribution is 5.75. The van der Waals surface area contributed by atoms with Crippen LogP contribution in [0.4, 0.5) is 10.5 Å². The first-order chi connectivity index (χ1) is 11.2. The largest absolute Gasteiger partial charge is 0.444 e. The minimum absolute atomic E-state index is 0.0906. The molecule has 0 saturated heterocycles. The number of amides is 2. The molecule has 2 amide bonds. The van der Waals surface area contributed by atoms with Gasteiger partial charge in [0.1, 0.15) is 12.1 Å². The number of ether oxygens (including phenoxy) is 1. The maximum Gasteiger partial charge on any atom is 0.407 e. The predicted octanol–water partition coefficient (Wildman–Crippen LogP) is 1.49. The molecule has 0 radical (unpaired) electrons. The second-order valence-electron chi connectivity index (χ2n) is 7.10.